The van der Waals surface area contributed by atoms with Gasteiger partial charge in [0.25, 0.3) is 5.09 Å². The monoisotopic (exact) mass is 525 g/mol. The predicted octanol–water partition coefficient (Wildman–Crippen LogP) is 4.99. The Morgan fingerprint density at radius 2 is 1.89 bits per heavy atom. The van der Waals surface area contributed by atoms with Crippen LogP contribution >= 0.6 is 11.6 Å². The summed E-state index contributed by atoms with van der Waals surface area (Å²) in [5.41, 5.74) is -0.646. The van der Waals surface area contributed by atoms with E-state index in [2.05, 4.69) is 14.3 Å². The number of alkyl halides is 3. The van der Waals surface area contributed by atoms with Gasteiger partial charge in [-0.2, -0.15) is 13.2 Å². The minimum atomic E-state index is -4.95. The zero-order chi connectivity index (χ0) is 26.6. The molecule has 0 saturated carbocycles. The highest BCUT2D eigenvalue weighted by Crippen LogP contribution is 2.42. The number of hydrogen-bond donors (Lipinski definition) is 0. The average Bonchev–Trinajstić information content (AvgIpc) is 2.70. The Bertz CT molecular complexity index is 1000. The van der Waals surface area contributed by atoms with E-state index in [4.69, 9.17) is 21.1 Å². The lowest BCUT2D eigenvalue weighted by Crippen LogP contribution is -2.41. The van der Waals surface area contributed by atoms with Crippen LogP contribution in [-0.2, 0) is 29.3 Å². The minimum absolute atomic E-state index is 0.0355. The van der Waals surface area contributed by atoms with Gasteiger partial charge in [-0.1, -0.05) is 32.4 Å². The number of nitrogens with zero attached hydrogens (tertiary/aromatic N) is 1. The van der Waals surface area contributed by atoms with E-state index in [-0.39, 0.29) is 29.4 Å². The van der Waals surface area contributed by atoms with E-state index >= 15 is 0 Å². The number of ether oxygens (including phenoxy) is 4. The second kappa shape index (κ2) is 11.0. The molecule has 0 radical (unpaired) electrons. The third-order valence-corrected chi connectivity index (χ3v) is 4.98. The first kappa shape index (κ1) is 28.0. The highest BCUT2D eigenvalue weighted by molar-refractivity contribution is 6.31. The van der Waals surface area contributed by atoms with Crippen molar-refractivity contribution >= 4 is 29.8 Å². The molecule has 0 fully saturated rings. The normalized spacial score (nSPS) is 16.2. The maximum absolute atomic E-state index is 13.6. The summed E-state index contributed by atoms with van der Waals surface area (Å²) >= 11 is 6.27. The van der Waals surface area contributed by atoms with Crippen molar-refractivity contribution in [3.63, 3.8) is 0 Å². The molecule has 0 N–H and O–H groups in total. The van der Waals surface area contributed by atoms with Crippen LogP contribution in [0, 0.1) is 10.1 Å². The zero-order valence-corrected chi connectivity index (χ0v) is 19.9. The third kappa shape index (κ3) is 7.91. The largest absolute Gasteiger partial charge is 0.511 e. The molecule has 0 amide bonds. The molecule has 1 aromatic rings. The van der Waals surface area contributed by atoms with Gasteiger partial charge in [0, 0.05) is 17.0 Å². The Hall–Kier alpha value is -3.22. The van der Waals surface area contributed by atoms with Crippen LogP contribution in [0.5, 0.6) is 5.75 Å². The van der Waals surface area contributed by atoms with Crippen LogP contribution in [0.2, 0.25) is 5.02 Å². The Kier molecular flexibility index (Phi) is 8.82. The lowest BCUT2D eigenvalue weighted by Gasteiger charge is -2.30. The van der Waals surface area contributed by atoms with Crippen molar-refractivity contribution < 1.29 is 51.6 Å². The molecule has 0 aliphatic carbocycles. The van der Waals surface area contributed by atoms with Crippen LogP contribution in [0.15, 0.2) is 17.7 Å². The van der Waals surface area contributed by atoms with Crippen LogP contribution in [0.4, 0.5) is 18.0 Å². The minimum Gasteiger partial charge on any atom is -0.475 e. The topological polar surface area (TPSA) is 123 Å². The Labute approximate surface area is 203 Å². The summed E-state index contributed by atoms with van der Waals surface area (Å²) in [7, 11) is 0. The molecule has 1 aromatic carbocycles. The van der Waals surface area contributed by atoms with Gasteiger partial charge < -0.3 is 23.8 Å². The first-order chi connectivity index (χ1) is 16.1. The molecule has 2 rings (SSSR count). The molecule has 1 aliphatic rings. The van der Waals surface area contributed by atoms with Crippen molar-refractivity contribution in [2.75, 3.05) is 13.4 Å². The van der Waals surface area contributed by atoms with Crippen LogP contribution in [0.3, 0.4) is 0 Å². The summed E-state index contributed by atoms with van der Waals surface area (Å²) in [5.74, 6) is -1.54. The van der Waals surface area contributed by atoms with Gasteiger partial charge in [0.05, 0.1) is 12.2 Å². The van der Waals surface area contributed by atoms with Crippen LogP contribution in [-0.4, -0.2) is 49.0 Å². The van der Waals surface area contributed by atoms with Crippen LogP contribution < -0.4 is 4.74 Å². The van der Waals surface area contributed by atoms with E-state index in [1.807, 2.05) is 20.8 Å². The maximum atomic E-state index is 13.6. The molecule has 1 heterocycles. The number of rotatable bonds is 8. The zero-order valence-electron chi connectivity index (χ0n) is 19.1. The molecular weight excluding hydrogens is 503 g/mol. The van der Waals surface area contributed by atoms with E-state index in [1.165, 1.54) is 19.1 Å². The molecule has 194 valence electrons. The Balaban J connectivity index is 2.08. The molecule has 14 heteroatoms. The quantitative estimate of drug-likeness (QED) is 0.200. The van der Waals surface area contributed by atoms with Crippen molar-refractivity contribution in [3.05, 3.63) is 44.0 Å². The van der Waals surface area contributed by atoms with E-state index < -0.39 is 53.4 Å². The molecular formula is C21H23ClF3NO9. The van der Waals surface area contributed by atoms with Crippen molar-refractivity contribution in [3.8, 4) is 5.75 Å². The fraction of sp³-hybridized carbons (Fsp3) is 0.524. The maximum Gasteiger partial charge on any atom is 0.511 e. The second-order valence-electron chi connectivity index (χ2n) is 8.48. The molecule has 2 atom stereocenters. The predicted molar refractivity (Wildman–Crippen MR) is 114 cm³/mol. The molecule has 35 heavy (non-hydrogen) atoms. The SMILES string of the molecule is CC(CCO[N+](=O)[O-])OC(=O)OCOC(=O)C1=Cc2cc(Cl)c(C(C)(C)C)cc2OC1C(F)(F)F. The van der Waals surface area contributed by atoms with Gasteiger partial charge in [0.15, 0.2) is 0 Å². The Morgan fingerprint density at radius 3 is 2.46 bits per heavy atom. The molecule has 0 saturated heterocycles. The van der Waals surface area contributed by atoms with Gasteiger partial charge in [-0.25, -0.2) is 9.59 Å². The van der Waals surface area contributed by atoms with Crippen molar-refractivity contribution in [1.29, 1.82) is 0 Å². The third-order valence-electron chi connectivity index (χ3n) is 4.66. The summed E-state index contributed by atoms with van der Waals surface area (Å²) < 4.78 is 60.0. The van der Waals surface area contributed by atoms with Gasteiger partial charge >= 0.3 is 18.3 Å². The molecule has 2 unspecified atom stereocenters. The van der Waals surface area contributed by atoms with Crippen molar-refractivity contribution in [2.45, 2.75) is 57.9 Å². The van der Waals surface area contributed by atoms with E-state index in [9.17, 15) is 32.9 Å². The summed E-state index contributed by atoms with van der Waals surface area (Å²) in [6.45, 7) is 5.49. The number of fused-ring (bicyclic) bond motifs is 1. The van der Waals surface area contributed by atoms with E-state index in [1.54, 1.807) is 0 Å². The highest BCUT2D eigenvalue weighted by atomic mass is 35.5. The van der Waals surface area contributed by atoms with Crippen molar-refractivity contribution in [2.24, 2.45) is 0 Å². The molecule has 0 bridgehead atoms. The van der Waals surface area contributed by atoms with Crippen LogP contribution in [0.25, 0.3) is 6.08 Å². The summed E-state index contributed by atoms with van der Waals surface area (Å²) in [4.78, 5) is 38.1. The van der Waals surface area contributed by atoms with Crippen molar-refractivity contribution in [1.82, 2.24) is 0 Å². The number of hydrogen-bond acceptors (Lipinski definition) is 9. The number of esters is 1. The van der Waals surface area contributed by atoms with Gasteiger partial charge in [0.1, 0.15) is 11.9 Å². The average molecular weight is 526 g/mol. The van der Waals surface area contributed by atoms with Crippen LogP contribution in [0.1, 0.15) is 45.2 Å². The lowest BCUT2D eigenvalue weighted by molar-refractivity contribution is -0.758. The summed E-state index contributed by atoms with van der Waals surface area (Å²) in [5, 5.41) is 9.34. The fourth-order valence-electron chi connectivity index (χ4n) is 2.97. The number of benzene rings is 1. The number of carbonyl (C=O) groups is 2. The smallest absolute Gasteiger partial charge is 0.475 e. The standard InChI is InChI=1S/C21H23ClF3NO9/c1-11(5-6-33-26(29)30)34-19(28)32-10-31-18(27)13-7-12-8-15(22)14(20(2,3)4)9-16(12)35-17(13)21(23,24)25/h7-9,11,17H,5-6,10H2,1-4H3. The van der Waals surface area contributed by atoms with Gasteiger partial charge in [-0.05, 0) is 36.1 Å². The number of carbonyl (C=O) groups excluding carboxylic acids is 2. The fourth-order valence-corrected chi connectivity index (χ4v) is 3.42. The number of halogens is 4. The van der Waals surface area contributed by atoms with Gasteiger partial charge in [-0.15, -0.1) is 10.1 Å². The second-order valence-corrected chi connectivity index (χ2v) is 8.88. The molecule has 0 spiro atoms. The Morgan fingerprint density at radius 1 is 1.23 bits per heavy atom. The van der Waals surface area contributed by atoms with E-state index in [0.717, 1.165) is 6.08 Å². The molecule has 1 aliphatic heterocycles. The van der Waals surface area contributed by atoms with Gasteiger partial charge in [-0.3, -0.25) is 0 Å². The summed E-state index contributed by atoms with van der Waals surface area (Å²) in [6.07, 6.45) is -8.81. The first-order valence-electron chi connectivity index (χ1n) is 10.2. The van der Waals surface area contributed by atoms with E-state index in [0.29, 0.717) is 5.56 Å². The highest BCUT2D eigenvalue weighted by Gasteiger charge is 2.49. The first-order valence-corrected chi connectivity index (χ1v) is 10.5. The summed E-state index contributed by atoms with van der Waals surface area (Å²) in [6, 6.07) is 2.78. The molecule has 10 nitrogen and oxygen atoms in total. The van der Waals surface area contributed by atoms with Gasteiger partial charge in [0.2, 0.25) is 12.9 Å². The lowest BCUT2D eigenvalue weighted by atomic mass is 9.85. The molecule has 0 aromatic heterocycles.